The van der Waals surface area contributed by atoms with Gasteiger partial charge in [-0.3, -0.25) is 4.90 Å². The van der Waals surface area contributed by atoms with Crippen molar-refractivity contribution in [3.63, 3.8) is 0 Å². The van der Waals surface area contributed by atoms with Crippen molar-refractivity contribution in [1.82, 2.24) is 4.90 Å². The van der Waals surface area contributed by atoms with Crippen molar-refractivity contribution < 1.29 is 4.74 Å². The summed E-state index contributed by atoms with van der Waals surface area (Å²) in [5, 5.41) is 0. The van der Waals surface area contributed by atoms with E-state index in [1.54, 1.807) is 0 Å². The molecule has 0 aromatic heterocycles. The molecule has 2 aliphatic heterocycles. The lowest BCUT2D eigenvalue weighted by Gasteiger charge is -2.27. The maximum absolute atomic E-state index is 5.50. The van der Waals surface area contributed by atoms with Crippen LogP contribution in [0.3, 0.4) is 0 Å². The fraction of sp³-hybridized carbons (Fsp3) is 1.00. The van der Waals surface area contributed by atoms with Crippen molar-refractivity contribution in [2.24, 2.45) is 5.92 Å². The maximum Gasteiger partial charge on any atom is 0.0622 e. The van der Waals surface area contributed by atoms with Crippen LogP contribution in [0.2, 0.25) is 0 Å². The summed E-state index contributed by atoms with van der Waals surface area (Å²) in [5.74, 6) is 0.830. The molecule has 0 unspecified atom stereocenters. The zero-order valence-electron chi connectivity index (χ0n) is 7.42. The second-order valence-electron chi connectivity index (χ2n) is 4.08. The van der Waals surface area contributed by atoms with E-state index in [-0.39, 0.29) is 0 Å². The van der Waals surface area contributed by atoms with Gasteiger partial charge in [0, 0.05) is 18.6 Å². The van der Waals surface area contributed by atoms with Crippen LogP contribution in [-0.4, -0.2) is 36.7 Å². The molecular weight excluding hydrogens is 138 g/mol. The first-order valence-electron chi connectivity index (χ1n) is 4.61. The molecule has 2 nitrogen and oxygen atoms in total. The lowest BCUT2D eigenvalue weighted by molar-refractivity contribution is 0.0484. The molecule has 2 fully saturated rings. The number of hydrogen-bond donors (Lipinski definition) is 0. The molecule has 0 N–H and O–H groups in total. The molecule has 0 spiro atoms. The summed E-state index contributed by atoms with van der Waals surface area (Å²) in [5.41, 5.74) is 0. The lowest BCUT2D eigenvalue weighted by atomic mass is 10.1. The Balaban J connectivity index is 2.03. The minimum atomic E-state index is 0.701. The largest absolute Gasteiger partial charge is 0.379 e. The van der Waals surface area contributed by atoms with E-state index in [0.717, 1.165) is 25.2 Å². The van der Waals surface area contributed by atoms with Crippen LogP contribution in [0.5, 0.6) is 0 Å². The van der Waals surface area contributed by atoms with Crippen LogP contribution < -0.4 is 0 Å². The summed E-state index contributed by atoms with van der Waals surface area (Å²) in [6.07, 6.45) is 1.37. The third kappa shape index (κ3) is 1.30. The number of hydrogen-bond acceptors (Lipinski definition) is 2. The third-order valence-corrected chi connectivity index (χ3v) is 2.87. The smallest absolute Gasteiger partial charge is 0.0622 e. The van der Waals surface area contributed by atoms with Gasteiger partial charge < -0.3 is 4.74 Å². The average Bonchev–Trinajstić information content (AvgIpc) is 2.27. The minimum absolute atomic E-state index is 0.701. The lowest BCUT2D eigenvalue weighted by Crippen LogP contribution is -2.37. The topological polar surface area (TPSA) is 12.5 Å². The van der Waals surface area contributed by atoms with Gasteiger partial charge in [-0.1, -0.05) is 0 Å². The van der Waals surface area contributed by atoms with Crippen molar-refractivity contribution in [3.8, 4) is 0 Å². The quantitative estimate of drug-likeness (QED) is 0.562. The van der Waals surface area contributed by atoms with Crippen LogP contribution in [0.15, 0.2) is 0 Å². The number of likely N-dealkylation sites (tertiary alicyclic amines) is 1. The maximum atomic E-state index is 5.50. The molecule has 2 heteroatoms. The summed E-state index contributed by atoms with van der Waals surface area (Å²) < 4.78 is 5.50. The highest BCUT2D eigenvalue weighted by molar-refractivity contribution is 4.89. The van der Waals surface area contributed by atoms with Gasteiger partial charge in [-0.05, 0) is 26.2 Å². The van der Waals surface area contributed by atoms with E-state index >= 15 is 0 Å². The van der Waals surface area contributed by atoms with E-state index in [1.807, 2.05) is 0 Å². The first kappa shape index (κ1) is 7.56. The van der Waals surface area contributed by atoms with E-state index in [0.29, 0.717) is 6.04 Å². The Labute approximate surface area is 68.5 Å². The molecule has 0 amide bonds. The van der Waals surface area contributed by atoms with Crippen LogP contribution in [0.1, 0.15) is 20.3 Å². The molecule has 2 heterocycles. The van der Waals surface area contributed by atoms with Gasteiger partial charge in [0.25, 0.3) is 0 Å². The third-order valence-electron chi connectivity index (χ3n) is 2.87. The Morgan fingerprint density at radius 2 is 2.18 bits per heavy atom. The Hall–Kier alpha value is -0.0800. The van der Waals surface area contributed by atoms with Gasteiger partial charge in [-0.2, -0.15) is 0 Å². The SMILES string of the molecule is CC(C)N1C[C@@H]2COC[C@H]1C2. The van der Waals surface area contributed by atoms with E-state index < -0.39 is 0 Å². The molecule has 2 saturated heterocycles. The average molecular weight is 155 g/mol. The second-order valence-corrected chi connectivity index (χ2v) is 4.08. The summed E-state index contributed by atoms with van der Waals surface area (Å²) in [4.78, 5) is 2.58. The zero-order valence-corrected chi connectivity index (χ0v) is 7.42. The molecule has 2 rings (SSSR count). The summed E-state index contributed by atoms with van der Waals surface area (Å²) >= 11 is 0. The predicted octanol–water partition coefficient (Wildman–Crippen LogP) is 1.12. The van der Waals surface area contributed by atoms with E-state index in [2.05, 4.69) is 18.7 Å². The summed E-state index contributed by atoms with van der Waals surface area (Å²) in [7, 11) is 0. The van der Waals surface area contributed by atoms with Crippen molar-refractivity contribution >= 4 is 0 Å². The normalized spacial score (nSPS) is 38.5. The predicted molar refractivity (Wildman–Crippen MR) is 44.6 cm³/mol. The molecule has 2 atom stereocenters. The van der Waals surface area contributed by atoms with E-state index in [1.165, 1.54) is 13.0 Å². The molecule has 0 aromatic rings. The number of rotatable bonds is 1. The van der Waals surface area contributed by atoms with Gasteiger partial charge in [0.1, 0.15) is 0 Å². The highest BCUT2D eigenvalue weighted by Gasteiger charge is 2.36. The van der Waals surface area contributed by atoms with Gasteiger partial charge in [-0.25, -0.2) is 0 Å². The minimum Gasteiger partial charge on any atom is -0.379 e. The Bertz CT molecular complexity index is 146. The Morgan fingerprint density at radius 1 is 1.36 bits per heavy atom. The molecule has 0 saturated carbocycles. The van der Waals surface area contributed by atoms with Gasteiger partial charge in [-0.15, -0.1) is 0 Å². The van der Waals surface area contributed by atoms with Crippen molar-refractivity contribution in [1.29, 1.82) is 0 Å². The van der Waals surface area contributed by atoms with Crippen molar-refractivity contribution in [2.45, 2.75) is 32.4 Å². The molecule has 11 heavy (non-hydrogen) atoms. The molecule has 2 aliphatic rings. The number of fused-ring (bicyclic) bond motifs is 2. The van der Waals surface area contributed by atoms with Crippen LogP contribution in [0.4, 0.5) is 0 Å². The first-order chi connectivity index (χ1) is 5.27. The molecular formula is C9H17NO. The van der Waals surface area contributed by atoms with Gasteiger partial charge in [0.15, 0.2) is 0 Å². The standard InChI is InChI=1S/C9H17NO/c1-7(2)10-4-8-3-9(10)6-11-5-8/h7-9H,3-6H2,1-2H3/t8-,9-/m1/s1. The number of ether oxygens (including phenoxy) is 1. The Morgan fingerprint density at radius 3 is 2.82 bits per heavy atom. The molecule has 64 valence electrons. The van der Waals surface area contributed by atoms with Gasteiger partial charge in [0.05, 0.1) is 13.2 Å². The van der Waals surface area contributed by atoms with E-state index in [4.69, 9.17) is 4.74 Å². The molecule has 0 aliphatic carbocycles. The first-order valence-corrected chi connectivity index (χ1v) is 4.61. The van der Waals surface area contributed by atoms with Gasteiger partial charge >= 0.3 is 0 Å². The van der Waals surface area contributed by atoms with Gasteiger partial charge in [0.2, 0.25) is 0 Å². The van der Waals surface area contributed by atoms with E-state index in [9.17, 15) is 0 Å². The number of nitrogens with zero attached hydrogens (tertiary/aromatic N) is 1. The fourth-order valence-electron chi connectivity index (χ4n) is 2.33. The molecule has 0 aromatic carbocycles. The fourth-order valence-corrected chi connectivity index (χ4v) is 2.33. The van der Waals surface area contributed by atoms with Crippen LogP contribution in [-0.2, 0) is 4.74 Å². The molecule has 0 radical (unpaired) electrons. The zero-order chi connectivity index (χ0) is 7.84. The molecule has 2 bridgehead atoms. The highest BCUT2D eigenvalue weighted by atomic mass is 16.5. The highest BCUT2D eigenvalue weighted by Crippen LogP contribution is 2.29. The Kier molecular flexibility index (Phi) is 1.90. The van der Waals surface area contributed by atoms with Crippen LogP contribution in [0.25, 0.3) is 0 Å². The van der Waals surface area contributed by atoms with Crippen molar-refractivity contribution in [3.05, 3.63) is 0 Å². The van der Waals surface area contributed by atoms with Crippen molar-refractivity contribution in [2.75, 3.05) is 19.8 Å². The monoisotopic (exact) mass is 155 g/mol. The summed E-state index contributed by atoms with van der Waals surface area (Å²) in [6.45, 7) is 7.79. The van der Waals surface area contributed by atoms with Crippen LogP contribution in [0, 0.1) is 5.92 Å². The summed E-state index contributed by atoms with van der Waals surface area (Å²) in [6, 6.07) is 1.43. The van der Waals surface area contributed by atoms with Crippen LogP contribution >= 0.6 is 0 Å². The second kappa shape index (κ2) is 2.76.